The Bertz CT molecular complexity index is 667. The molecular formula is C17H20N4OS. The molecule has 0 bridgehead atoms. The van der Waals surface area contributed by atoms with Gasteiger partial charge in [-0.05, 0) is 30.5 Å². The van der Waals surface area contributed by atoms with Gasteiger partial charge >= 0.3 is 0 Å². The average molecular weight is 328 g/mol. The molecule has 1 fully saturated rings. The molecule has 2 atom stereocenters. The van der Waals surface area contributed by atoms with Crippen molar-refractivity contribution in [3.8, 4) is 6.07 Å². The maximum Gasteiger partial charge on any atom is 0.142 e. The second kappa shape index (κ2) is 7.55. The van der Waals surface area contributed by atoms with Crippen LogP contribution in [-0.4, -0.2) is 42.2 Å². The number of hydrogen-bond acceptors (Lipinski definition) is 6. The lowest BCUT2D eigenvalue weighted by molar-refractivity contribution is -0.0322. The van der Waals surface area contributed by atoms with E-state index in [2.05, 4.69) is 45.7 Å². The highest BCUT2D eigenvalue weighted by molar-refractivity contribution is 7.10. The minimum atomic E-state index is 0.256. The molecule has 23 heavy (non-hydrogen) atoms. The van der Waals surface area contributed by atoms with E-state index in [-0.39, 0.29) is 12.1 Å². The summed E-state index contributed by atoms with van der Waals surface area (Å²) in [6.07, 6.45) is 0.256. The summed E-state index contributed by atoms with van der Waals surface area (Å²) in [6, 6.07) is 12.1. The van der Waals surface area contributed by atoms with E-state index < -0.39 is 0 Å². The van der Waals surface area contributed by atoms with Gasteiger partial charge in [-0.1, -0.05) is 12.1 Å². The number of rotatable bonds is 5. The Morgan fingerprint density at radius 1 is 1.48 bits per heavy atom. The fourth-order valence-electron chi connectivity index (χ4n) is 2.82. The Hall–Kier alpha value is -1.94. The minimum absolute atomic E-state index is 0.256. The molecule has 3 rings (SSSR count). The van der Waals surface area contributed by atoms with E-state index in [4.69, 9.17) is 10.00 Å². The SMILES string of the molecule is C[C@H]1CN([C@H](CNc2cccc(C#N)n2)c2cccs2)CCO1. The van der Waals surface area contributed by atoms with E-state index >= 15 is 0 Å². The molecule has 0 spiro atoms. The van der Waals surface area contributed by atoms with Crippen LogP contribution in [0.25, 0.3) is 0 Å². The van der Waals surface area contributed by atoms with Crippen LogP contribution in [0.2, 0.25) is 0 Å². The highest BCUT2D eigenvalue weighted by Gasteiger charge is 2.26. The normalized spacial score (nSPS) is 19.9. The van der Waals surface area contributed by atoms with Crippen molar-refractivity contribution >= 4 is 17.2 Å². The zero-order valence-electron chi connectivity index (χ0n) is 13.1. The zero-order valence-corrected chi connectivity index (χ0v) is 13.9. The quantitative estimate of drug-likeness (QED) is 0.914. The molecule has 0 aromatic carbocycles. The van der Waals surface area contributed by atoms with E-state index in [1.54, 1.807) is 17.4 Å². The highest BCUT2D eigenvalue weighted by atomic mass is 32.1. The second-order valence-electron chi connectivity index (χ2n) is 5.61. The second-order valence-corrected chi connectivity index (χ2v) is 6.59. The number of hydrogen-bond donors (Lipinski definition) is 1. The van der Waals surface area contributed by atoms with Gasteiger partial charge in [0.1, 0.15) is 17.6 Å². The van der Waals surface area contributed by atoms with Gasteiger partial charge in [0, 0.05) is 24.5 Å². The molecule has 0 saturated carbocycles. The highest BCUT2D eigenvalue weighted by Crippen LogP contribution is 2.27. The van der Waals surface area contributed by atoms with E-state index in [1.165, 1.54) is 4.88 Å². The topological polar surface area (TPSA) is 61.2 Å². The van der Waals surface area contributed by atoms with Gasteiger partial charge in [-0.25, -0.2) is 4.98 Å². The molecule has 120 valence electrons. The van der Waals surface area contributed by atoms with Crippen LogP contribution in [0.15, 0.2) is 35.7 Å². The fourth-order valence-corrected chi connectivity index (χ4v) is 3.68. The summed E-state index contributed by atoms with van der Waals surface area (Å²) in [6.45, 7) is 5.50. The monoisotopic (exact) mass is 328 g/mol. The van der Waals surface area contributed by atoms with Gasteiger partial charge in [0.25, 0.3) is 0 Å². The van der Waals surface area contributed by atoms with Gasteiger partial charge in [-0.2, -0.15) is 5.26 Å². The lowest BCUT2D eigenvalue weighted by Gasteiger charge is -2.37. The molecule has 1 saturated heterocycles. The summed E-state index contributed by atoms with van der Waals surface area (Å²) in [4.78, 5) is 8.09. The van der Waals surface area contributed by atoms with Crippen molar-refractivity contribution in [2.75, 3.05) is 31.6 Å². The lowest BCUT2D eigenvalue weighted by Crippen LogP contribution is -2.44. The Kier molecular flexibility index (Phi) is 5.23. The van der Waals surface area contributed by atoms with Crippen molar-refractivity contribution in [1.82, 2.24) is 9.88 Å². The lowest BCUT2D eigenvalue weighted by atomic mass is 10.1. The average Bonchev–Trinajstić information content (AvgIpc) is 3.10. The van der Waals surface area contributed by atoms with Crippen molar-refractivity contribution in [2.45, 2.75) is 19.1 Å². The number of aromatic nitrogens is 1. The fraction of sp³-hybridized carbons (Fsp3) is 0.412. The van der Waals surface area contributed by atoms with Crippen LogP contribution in [0.4, 0.5) is 5.82 Å². The number of ether oxygens (including phenoxy) is 1. The third-order valence-corrected chi connectivity index (χ3v) is 4.90. The maximum atomic E-state index is 8.96. The predicted octanol–water partition coefficient (Wildman–Crippen LogP) is 2.89. The minimum Gasteiger partial charge on any atom is -0.376 e. The number of anilines is 1. The number of pyridine rings is 1. The maximum absolute atomic E-state index is 8.96. The first-order valence-electron chi connectivity index (χ1n) is 7.76. The first-order chi connectivity index (χ1) is 11.3. The van der Waals surface area contributed by atoms with Gasteiger partial charge in [0.2, 0.25) is 0 Å². The summed E-state index contributed by atoms with van der Waals surface area (Å²) in [7, 11) is 0. The number of nitrogens with zero attached hydrogens (tertiary/aromatic N) is 3. The van der Waals surface area contributed by atoms with Crippen molar-refractivity contribution in [2.24, 2.45) is 0 Å². The summed E-state index contributed by atoms with van der Waals surface area (Å²) < 4.78 is 5.66. The van der Waals surface area contributed by atoms with Crippen molar-refractivity contribution < 1.29 is 4.74 Å². The van der Waals surface area contributed by atoms with Gasteiger partial charge in [0.05, 0.1) is 18.8 Å². The van der Waals surface area contributed by atoms with Crippen molar-refractivity contribution in [1.29, 1.82) is 5.26 Å². The Morgan fingerprint density at radius 3 is 3.13 bits per heavy atom. The van der Waals surface area contributed by atoms with Crippen LogP contribution < -0.4 is 5.32 Å². The molecule has 0 aliphatic carbocycles. The Labute approximate surface area is 140 Å². The number of nitrogens with one attached hydrogen (secondary N) is 1. The van der Waals surface area contributed by atoms with Crippen molar-refractivity contribution in [3.63, 3.8) is 0 Å². The number of thiophene rings is 1. The molecule has 0 radical (unpaired) electrons. The molecule has 1 N–H and O–H groups in total. The molecule has 0 amide bonds. The smallest absolute Gasteiger partial charge is 0.142 e. The molecule has 1 aliphatic rings. The summed E-state index contributed by atoms with van der Waals surface area (Å²) in [5.74, 6) is 0.743. The molecule has 3 heterocycles. The van der Waals surface area contributed by atoms with Crippen LogP contribution in [0.3, 0.4) is 0 Å². The van der Waals surface area contributed by atoms with Crippen molar-refractivity contribution in [3.05, 3.63) is 46.3 Å². The molecule has 1 aliphatic heterocycles. The largest absolute Gasteiger partial charge is 0.376 e. The first kappa shape index (κ1) is 15.9. The van der Waals surface area contributed by atoms with Gasteiger partial charge < -0.3 is 10.1 Å². The van der Waals surface area contributed by atoms with E-state index in [9.17, 15) is 0 Å². The predicted molar refractivity (Wildman–Crippen MR) is 91.5 cm³/mol. The molecule has 5 nitrogen and oxygen atoms in total. The molecule has 2 aromatic heterocycles. The first-order valence-corrected chi connectivity index (χ1v) is 8.64. The Morgan fingerprint density at radius 2 is 2.39 bits per heavy atom. The van der Waals surface area contributed by atoms with E-state index in [1.807, 2.05) is 12.1 Å². The van der Waals surface area contributed by atoms with Crippen LogP contribution >= 0.6 is 11.3 Å². The third-order valence-electron chi connectivity index (χ3n) is 3.93. The zero-order chi connectivity index (χ0) is 16.1. The summed E-state index contributed by atoms with van der Waals surface area (Å²) in [5.41, 5.74) is 0.433. The molecule has 6 heteroatoms. The van der Waals surface area contributed by atoms with Crippen LogP contribution in [0.1, 0.15) is 23.5 Å². The number of nitriles is 1. The molecule has 2 aromatic rings. The van der Waals surface area contributed by atoms with Crippen LogP contribution in [0.5, 0.6) is 0 Å². The van der Waals surface area contributed by atoms with Gasteiger partial charge in [0.15, 0.2) is 0 Å². The number of morpholine rings is 1. The van der Waals surface area contributed by atoms with E-state index in [0.717, 1.165) is 32.1 Å². The van der Waals surface area contributed by atoms with Gasteiger partial charge in [-0.3, -0.25) is 4.90 Å². The third kappa shape index (κ3) is 4.08. The van der Waals surface area contributed by atoms with Crippen LogP contribution in [0, 0.1) is 11.3 Å². The van der Waals surface area contributed by atoms with Gasteiger partial charge in [-0.15, -0.1) is 11.3 Å². The summed E-state index contributed by atoms with van der Waals surface area (Å²) >= 11 is 1.77. The Balaban J connectivity index is 1.72. The standard InChI is InChI=1S/C17H20N4OS/c1-13-12-21(7-8-22-13)15(16-5-3-9-23-16)11-19-17-6-2-4-14(10-18)20-17/h2-6,9,13,15H,7-8,11-12H2,1H3,(H,19,20)/t13-,15+/m0/s1. The molecule has 0 unspecified atom stereocenters. The molecular weight excluding hydrogens is 308 g/mol. The van der Waals surface area contributed by atoms with Crippen LogP contribution in [-0.2, 0) is 4.74 Å². The van der Waals surface area contributed by atoms with E-state index in [0.29, 0.717) is 5.69 Å². The summed E-state index contributed by atoms with van der Waals surface area (Å²) in [5, 5.41) is 14.5.